The molecule has 182 valence electrons. The molecule has 2 aromatic carbocycles. The molecule has 1 atom stereocenters. The molecule has 1 saturated heterocycles. The first-order valence-corrected chi connectivity index (χ1v) is 12.5. The predicted molar refractivity (Wildman–Crippen MR) is 142 cm³/mol. The van der Waals surface area contributed by atoms with Crippen LogP contribution in [-0.2, 0) is 11.3 Å². The summed E-state index contributed by atoms with van der Waals surface area (Å²) in [5, 5.41) is 4.17. The highest BCUT2D eigenvalue weighted by atomic mass is 16.2. The average Bonchev–Trinajstić information content (AvgIpc) is 3.59. The van der Waals surface area contributed by atoms with Gasteiger partial charge in [-0.15, -0.1) is 0 Å². The van der Waals surface area contributed by atoms with E-state index in [1.54, 1.807) is 0 Å². The molecule has 2 aromatic heterocycles. The third kappa shape index (κ3) is 5.16. The van der Waals surface area contributed by atoms with Crippen LogP contribution in [0, 0.1) is 0 Å². The number of anilines is 1. The molecular weight excluding hydrogens is 436 g/mol. The highest BCUT2D eigenvalue weighted by Crippen LogP contribution is 2.28. The van der Waals surface area contributed by atoms with E-state index in [1.807, 2.05) is 31.4 Å². The van der Waals surface area contributed by atoms with Gasteiger partial charge in [-0.2, -0.15) is 0 Å². The molecule has 1 aliphatic rings. The molecule has 0 aliphatic carbocycles. The highest BCUT2D eigenvalue weighted by Gasteiger charge is 2.27. The molecule has 0 bridgehead atoms. The lowest BCUT2D eigenvalue weighted by atomic mass is 10.1. The summed E-state index contributed by atoms with van der Waals surface area (Å²) in [4.78, 5) is 28.5. The lowest BCUT2D eigenvalue weighted by molar-refractivity contribution is -0.119. The molecule has 0 saturated carbocycles. The number of nitrogens with one attached hydrogen (secondary N) is 3. The van der Waals surface area contributed by atoms with Crippen LogP contribution in [0.2, 0.25) is 0 Å². The number of fused-ring (bicyclic) bond motifs is 1. The van der Waals surface area contributed by atoms with Gasteiger partial charge in [0.15, 0.2) is 0 Å². The number of rotatable bonds is 8. The third-order valence-corrected chi connectivity index (χ3v) is 6.87. The van der Waals surface area contributed by atoms with Gasteiger partial charge in [0, 0.05) is 22.3 Å². The van der Waals surface area contributed by atoms with Crippen molar-refractivity contribution in [3.05, 3.63) is 60.6 Å². The van der Waals surface area contributed by atoms with E-state index in [2.05, 4.69) is 74.4 Å². The molecule has 7 nitrogen and oxygen atoms in total. The minimum Gasteiger partial charge on any atom is -0.355 e. The largest absolute Gasteiger partial charge is 0.355 e. The molecule has 0 spiro atoms. The van der Waals surface area contributed by atoms with E-state index in [-0.39, 0.29) is 11.9 Å². The molecule has 35 heavy (non-hydrogen) atoms. The minimum absolute atomic E-state index is 0.0331. The number of hydrogen-bond donors (Lipinski definition) is 3. The van der Waals surface area contributed by atoms with Crippen molar-refractivity contribution in [1.29, 1.82) is 0 Å². The van der Waals surface area contributed by atoms with Crippen molar-refractivity contribution in [2.45, 2.75) is 38.8 Å². The number of aromatic amines is 2. The second-order valence-corrected chi connectivity index (χ2v) is 9.67. The molecule has 3 heterocycles. The molecule has 1 amide bonds. The maximum absolute atomic E-state index is 12.7. The number of benzene rings is 2. The maximum atomic E-state index is 12.7. The number of carbonyl (C=O) groups excluding carboxylic acids is 1. The first-order chi connectivity index (χ1) is 17.0. The van der Waals surface area contributed by atoms with E-state index in [4.69, 9.17) is 0 Å². The van der Waals surface area contributed by atoms with Gasteiger partial charge >= 0.3 is 0 Å². The Morgan fingerprint density at radius 3 is 2.60 bits per heavy atom. The molecule has 0 radical (unpaired) electrons. The van der Waals surface area contributed by atoms with Gasteiger partial charge in [0.05, 0.1) is 24.5 Å². The van der Waals surface area contributed by atoms with Crippen LogP contribution in [0.15, 0.2) is 54.7 Å². The van der Waals surface area contributed by atoms with Crippen LogP contribution in [0.3, 0.4) is 0 Å². The van der Waals surface area contributed by atoms with Crippen molar-refractivity contribution in [2.24, 2.45) is 0 Å². The first-order valence-electron chi connectivity index (χ1n) is 12.5. The van der Waals surface area contributed by atoms with Gasteiger partial charge in [-0.25, -0.2) is 4.98 Å². The molecule has 3 N–H and O–H groups in total. The first kappa shape index (κ1) is 23.3. The molecular formula is C28H34N6O. The van der Waals surface area contributed by atoms with Crippen molar-refractivity contribution in [3.8, 4) is 22.5 Å². The fourth-order valence-electron chi connectivity index (χ4n) is 4.97. The molecule has 5 rings (SSSR count). The number of carbonyl (C=O) groups is 1. The van der Waals surface area contributed by atoms with Crippen molar-refractivity contribution >= 4 is 22.5 Å². The average molecular weight is 471 g/mol. The van der Waals surface area contributed by atoms with Gasteiger partial charge < -0.3 is 15.3 Å². The van der Waals surface area contributed by atoms with Crippen molar-refractivity contribution < 1.29 is 4.79 Å². The molecule has 1 fully saturated rings. The minimum atomic E-state index is -0.0331. The SMILES string of the molecule is CCCN(C)Cc1ncc(-c2ccc(-c3cc4cc(NC(=O)C5CCCN5C)ccc4[nH]3)cc2)[nH]1. The summed E-state index contributed by atoms with van der Waals surface area (Å²) < 4.78 is 0. The lowest BCUT2D eigenvalue weighted by Gasteiger charge is -2.18. The standard InChI is InChI=1S/C28H34N6O/c1-4-13-33(2)18-27-29-17-25(32-27)20-9-7-19(8-10-20)24-16-21-15-22(11-12-23(21)31-24)30-28(35)26-6-5-14-34(26)3/h7-12,15-17,26,31H,4-6,13-14,18H2,1-3H3,(H,29,32)(H,30,35). The Morgan fingerprint density at radius 2 is 1.89 bits per heavy atom. The van der Waals surface area contributed by atoms with Crippen molar-refractivity contribution in [1.82, 2.24) is 24.8 Å². The number of nitrogens with zero attached hydrogens (tertiary/aromatic N) is 3. The van der Waals surface area contributed by atoms with Gasteiger partial charge in [-0.1, -0.05) is 31.2 Å². The monoisotopic (exact) mass is 470 g/mol. The second-order valence-electron chi connectivity index (χ2n) is 9.67. The Balaban J connectivity index is 1.29. The van der Waals surface area contributed by atoms with Gasteiger partial charge in [0.2, 0.25) is 5.91 Å². The van der Waals surface area contributed by atoms with Crippen molar-refractivity contribution in [2.75, 3.05) is 32.5 Å². The number of likely N-dealkylation sites (N-methyl/N-ethyl adjacent to an activating group) is 1. The van der Waals surface area contributed by atoms with Crippen LogP contribution in [0.1, 0.15) is 32.0 Å². The molecule has 4 aromatic rings. The van der Waals surface area contributed by atoms with Crippen molar-refractivity contribution in [3.63, 3.8) is 0 Å². The maximum Gasteiger partial charge on any atom is 0.241 e. The smallest absolute Gasteiger partial charge is 0.241 e. The van der Waals surface area contributed by atoms with E-state index >= 15 is 0 Å². The summed E-state index contributed by atoms with van der Waals surface area (Å²) in [7, 11) is 4.13. The van der Waals surface area contributed by atoms with E-state index in [0.717, 1.165) is 83.8 Å². The van der Waals surface area contributed by atoms with E-state index < -0.39 is 0 Å². The topological polar surface area (TPSA) is 80.1 Å². The van der Waals surface area contributed by atoms with Gasteiger partial charge in [-0.05, 0) is 81.8 Å². The van der Waals surface area contributed by atoms with Crippen LogP contribution >= 0.6 is 0 Å². The Bertz CT molecular complexity index is 1300. The lowest BCUT2D eigenvalue weighted by Crippen LogP contribution is -2.37. The normalized spacial score (nSPS) is 16.4. The number of amides is 1. The highest BCUT2D eigenvalue weighted by molar-refractivity contribution is 5.97. The Hall–Kier alpha value is -3.42. The quantitative estimate of drug-likeness (QED) is 0.335. The van der Waals surface area contributed by atoms with Crippen LogP contribution in [0.4, 0.5) is 5.69 Å². The zero-order valence-corrected chi connectivity index (χ0v) is 20.8. The number of imidazole rings is 1. The van der Waals surface area contributed by atoms with Crippen LogP contribution in [0.25, 0.3) is 33.4 Å². The summed E-state index contributed by atoms with van der Waals surface area (Å²) in [6, 6.07) is 16.6. The molecule has 1 unspecified atom stereocenters. The summed E-state index contributed by atoms with van der Waals surface area (Å²) in [6.45, 7) is 5.04. The van der Waals surface area contributed by atoms with E-state index in [0.29, 0.717) is 0 Å². The fraction of sp³-hybridized carbons (Fsp3) is 0.357. The summed E-state index contributed by atoms with van der Waals surface area (Å²) in [5.74, 6) is 1.06. The predicted octanol–water partition coefficient (Wildman–Crippen LogP) is 5.10. The van der Waals surface area contributed by atoms with Gasteiger partial charge in [0.25, 0.3) is 0 Å². The van der Waals surface area contributed by atoms with E-state index in [1.165, 1.54) is 0 Å². The Kier molecular flexibility index (Phi) is 6.70. The number of likely N-dealkylation sites (tertiary alicyclic amines) is 1. The van der Waals surface area contributed by atoms with Crippen LogP contribution in [0.5, 0.6) is 0 Å². The second kappa shape index (κ2) is 10.1. The Morgan fingerprint density at radius 1 is 1.11 bits per heavy atom. The van der Waals surface area contributed by atoms with E-state index in [9.17, 15) is 4.79 Å². The zero-order chi connectivity index (χ0) is 24.4. The van der Waals surface area contributed by atoms with Crippen LogP contribution < -0.4 is 5.32 Å². The fourth-order valence-corrected chi connectivity index (χ4v) is 4.97. The van der Waals surface area contributed by atoms with Gasteiger partial charge in [0.1, 0.15) is 5.82 Å². The number of hydrogen-bond acceptors (Lipinski definition) is 4. The van der Waals surface area contributed by atoms with Crippen LogP contribution in [-0.4, -0.2) is 63.9 Å². The zero-order valence-electron chi connectivity index (χ0n) is 20.8. The molecule has 7 heteroatoms. The van der Waals surface area contributed by atoms with Gasteiger partial charge in [-0.3, -0.25) is 14.6 Å². The molecule has 1 aliphatic heterocycles. The summed E-state index contributed by atoms with van der Waals surface area (Å²) in [5.41, 5.74) is 6.20. The number of H-pyrrole nitrogens is 2. The Labute approximate surface area is 206 Å². The number of aromatic nitrogens is 3. The summed E-state index contributed by atoms with van der Waals surface area (Å²) in [6.07, 6.45) is 5.04. The summed E-state index contributed by atoms with van der Waals surface area (Å²) >= 11 is 0. The third-order valence-electron chi connectivity index (χ3n) is 6.87.